The first kappa shape index (κ1) is 16.5. The first-order valence-corrected chi connectivity index (χ1v) is 7.93. The Bertz CT molecular complexity index is 718. The molecule has 1 N–H and O–H groups in total. The Morgan fingerprint density at radius 1 is 1.21 bits per heavy atom. The fourth-order valence-corrected chi connectivity index (χ4v) is 3.05. The SMILES string of the molecule is O=C(NCc1ccccc1C(F)(F)F)c1ccn(C2CCCC2)n1. The molecule has 1 aromatic heterocycles. The topological polar surface area (TPSA) is 46.9 Å². The van der Waals surface area contributed by atoms with Gasteiger partial charge in [-0.1, -0.05) is 31.0 Å². The molecule has 0 radical (unpaired) electrons. The third-order valence-electron chi connectivity index (χ3n) is 4.30. The predicted molar refractivity (Wildman–Crippen MR) is 82.3 cm³/mol. The zero-order valence-corrected chi connectivity index (χ0v) is 13.0. The van der Waals surface area contributed by atoms with Crippen molar-refractivity contribution in [3.63, 3.8) is 0 Å². The number of carbonyl (C=O) groups excluding carboxylic acids is 1. The number of benzene rings is 1. The van der Waals surface area contributed by atoms with Gasteiger partial charge in [0, 0.05) is 12.7 Å². The Kier molecular flexibility index (Phi) is 4.59. The van der Waals surface area contributed by atoms with E-state index in [0.717, 1.165) is 31.7 Å². The van der Waals surface area contributed by atoms with E-state index in [4.69, 9.17) is 0 Å². The summed E-state index contributed by atoms with van der Waals surface area (Å²) in [6, 6.07) is 7.14. The van der Waals surface area contributed by atoms with Crippen LogP contribution in [0, 0.1) is 0 Å². The third kappa shape index (κ3) is 3.60. The number of carbonyl (C=O) groups is 1. The molecule has 1 aliphatic carbocycles. The standard InChI is InChI=1S/C17H18F3N3O/c18-17(19,20)14-8-4-1-5-12(14)11-21-16(24)15-9-10-23(22-15)13-6-2-3-7-13/h1,4-5,8-10,13H,2-3,6-7,11H2,(H,21,24). The van der Waals surface area contributed by atoms with E-state index in [2.05, 4.69) is 10.4 Å². The molecule has 0 bridgehead atoms. The van der Waals surface area contributed by atoms with Crippen LogP contribution in [0.3, 0.4) is 0 Å². The van der Waals surface area contributed by atoms with E-state index in [-0.39, 0.29) is 17.8 Å². The molecule has 0 atom stereocenters. The Hall–Kier alpha value is -2.31. The number of rotatable bonds is 4. The molecule has 7 heteroatoms. The first-order valence-electron chi connectivity index (χ1n) is 7.93. The van der Waals surface area contributed by atoms with E-state index in [9.17, 15) is 18.0 Å². The second-order valence-corrected chi connectivity index (χ2v) is 5.96. The number of hydrogen-bond donors (Lipinski definition) is 1. The molecule has 3 rings (SSSR count). The summed E-state index contributed by atoms with van der Waals surface area (Å²) in [5.74, 6) is -0.469. The van der Waals surface area contributed by atoms with Crippen molar-refractivity contribution in [3.05, 3.63) is 53.3 Å². The summed E-state index contributed by atoms with van der Waals surface area (Å²) >= 11 is 0. The number of alkyl halides is 3. The van der Waals surface area contributed by atoms with Crippen molar-refractivity contribution in [2.75, 3.05) is 0 Å². The number of amides is 1. The van der Waals surface area contributed by atoms with Crippen LogP contribution in [0.5, 0.6) is 0 Å². The number of halogens is 3. The maximum Gasteiger partial charge on any atom is 0.416 e. The van der Waals surface area contributed by atoms with Crippen LogP contribution in [0.2, 0.25) is 0 Å². The van der Waals surface area contributed by atoms with Crippen LogP contribution in [0.25, 0.3) is 0 Å². The van der Waals surface area contributed by atoms with E-state index in [1.165, 1.54) is 18.2 Å². The van der Waals surface area contributed by atoms with Crippen molar-refractivity contribution in [1.82, 2.24) is 15.1 Å². The summed E-state index contributed by atoms with van der Waals surface area (Å²) < 4.78 is 40.6. The molecule has 0 saturated heterocycles. The van der Waals surface area contributed by atoms with Gasteiger partial charge in [0.05, 0.1) is 11.6 Å². The molecule has 1 heterocycles. The molecular formula is C17H18F3N3O. The lowest BCUT2D eigenvalue weighted by molar-refractivity contribution is -0.138. The molecule has 1 saturated carbocycles. The summed E-state index contributed by atoms with van der Waals surface area (Å²) in [7, 11) is 0. The molecule has 0 aliphatic heterocycles. The van der Waals surface area contributed by atoms with Gasteiger partial charge in [-0.3, -0.25) is 9.48 Å². The fraction of sp³-hybridized carbons (Fsp3) is 0.412. The first-order chi connectivity index (χ1) is 11.4. The molecule has 128 valence electrons. The van der Waals surface area contributed by atoms with E-state index in [1.54, 1.807) is 16.9 Å². The Balaban J connectivity index is 1.66. The van der Waals surface area contributed by atoms with Crippen molar-refractivity contribution in [3.8, 4) is 0 Å². The van der Waals surface area contributed by atoms with Crippen molar-refractivity contribution in [1.29, 1.82) is 0 Å². The molecule has 0 unspecified atom stereocenters. The molecule has 1 amide bonds. The summed E-state index contributed by atoms with van der Waals surface area (Å²) in [5, 5.41) is 6.77. The van der Waals surface area contributed by atoms with Gasteiger partial charge in [-0.05, 0) is 30.5 Å². The van der Waals surface area contributed by atoms with Gasteiger partial charge >= 0.3 is 6.18 Å². The van der Waals surface area contributed by atoms with Gasteiger partial charge in [0.15, 0.2) is 0 Å². The second kappa shape index (κ2) is 6.67. The van der Waals surface area contributed by atoms with Gasteiger partial charge in [0.25, 0.3) is 5.91 Å². The highest BCUT2D eigenvalue weighted by molar-refractivity contribution is 5.92. The lowest BCUT2D eigenvalue weighted by atomic mass is 10.1. The Morgan fingerprint density at radius 3 is 2.62 bits per heavy atom. The van der Waals surface area contributed by atoms with Gasteiger partial charge in [0.1, 0.15) is 5.69 Å². The molecule has 1 fully saturated rings. The average molecular weight is 337 g/mol. The van der Waals surface area contributed by atoms with Crippen molar-refractivity contribution >= 4 is 5.91 Å². The van der Waals surface area contributed by atoms with Gasteiger partial charge in [0.2, 0.25) is 0 Å². The monoisotopic (exact) mass is 337 g/mol. The maximum absolute atomic E-state index is 12.9. The summed E-state index contributed by atoms with van der Waals surface area (Å²) in [4.78, 5) is 12.1. The van der Waals surface area contributed by atoms with Crippen molar-refractivity contribution < 1.29 is 18.0 Å². The number of nitrogens with zero attached hydrogens (tertiary/aromatic N) is 2. The zero-order chi connectivity index (χ0) is 17.2. The Labute approximate surface area is 137 Å². The summed E-state index contributed by atoms with van der Waals surface area (Å²) in [6.45, 7) is -0.190. The van der Waals surface area contributed by atoms with Crippen LogP contribution in [0.15, 0.2) is 36.5 Å². The van der Waals surface area contributed by atoms with Crippen LogP contribution in [0.4, 0.5) is 13.2 Å². The smallest absolute Gasteiger partial charge is 0.347 e. The Morgan fingerprint density at radius 2 is 1.92 bits per heavy atom. The van der Waals surface area contributed by atoms with E-state index in [1.807, 2.05) is 0 Å². The van der Waals surface area contributed by atoms with Gasteiger partial charge < -0.3 is 5.32 Å². The zero-order valence-electron chi connectivity index (χ0n) is 13.0. The van der Waals surface area contributed by atoms with E-state index in [0.29, 0.717) is 6.04 Å². The maximum atomic E-state index is 12.9. The number of nitrogens with one attached hydrogen (secondary N) is 1. The minimum atomic E-state index is -4.44. The quantitative estimate of drug-likeness (QED) is 0.918. The number of hydrogen-bond acceptors (Lipinski definition) is 2. The second-order valence-electron chi connectivity index (χ2n) is 5.96. The summed E-state index contributed by atoms with van der Waals surface area (Å²) in [6.07, 6.45) is 1.71. The highest BCUT2D eigenvalue weighted by atomic mass is 19.4. The lowest BCUT2D eigenvalue weighted by Gasteiger charge is -2.13. The molecule has 2 aromatic rings. The molecule has 1 aliphatic rings. The highest BCUT2D eigenvalue weighted by Gasteiger charge is 2.32. The molecule has 24 heavy (non-hydrogen) atoms. The van der Waals surface area contributed by atoms with Crippen LogP contribution < -0.4 is 5.32 Å². The molecule has 1 aromatic carbocycles. The van der Waals surface area contributed by atoms with Gasteiger partial charge in [-0.2, -0.15) is 18.3 Å². The van der Waals surface area contributed by atoms with Gasteiger partial charge in [-0.25, -0.2) is 0 Å². The van der Waals surface area contributed by atoms with Crippen molar-refractivity contribution in [2.24, 2.45) is 0 Å². The summed E-state index contributed by atoms with van der Waals surface area (Å²) in [5.41, 5.74) is -0.471. The van der Waals surface area contributed by atoms with Crippen LogP contribution in [-0.2, 0) is 12.7 Å². The van der Waals surface area contributed by atoms with Gasteiger partial charge in [-0.15, -0.1) is 0 Å². The minimum absolute atomic E-state index is 0.0357. The number of aromatic nitrogens is 2. The fourth-order valence-electron chi connectivity index (χ4n) is 3.05. The van der Waals surface area contributed by atoms with Crippen LogP contribution in [-0.4, -0.2) is 15.7 Å². The van der Waals surface area contributed by atoms with E-state index >= 15 is 0 Å². The average Bonchev–Trinajstić information content (AvgIpc) is 3.22. The van der Waals surface area contributed by atoms with Crippen LogP contribution in [0.1, 0.15) is 53.3 Å². The van der Waals surface area contributed by atoms with E-state index < -0.39 is 17.6 Å². The minimum Gasteiger partial charge on any atom is -0.347 e. The molecule has 0 spiro atoms. The lowest BCUT2D eigenvalue weighted by Crippen LogP contribution is -2.25. The molecule has 4 nitrogen and oxygen atoms in total. The molecular weight excluding hydrogens is 319 g/mol. The van der Waals surface area contributed by atoms with Crippen molar-refractivity contribution in [2.45, 2.75) is 44.4 Å². The highest BCUT2D eigenvalue weighted by Crippen LogP contribution is 2.32. The predicted octanol–water partition coefficient (Wildman–Crippen LogP) is 3.95. The largest absolute Gasteiger partial charge is 0.416 e. The normalized spacial score (nSPS) is 15.6. The third-order valence-corrected chi connectivity index (χ3v) is 4.30. The van der Waals surface area contributed by atoms with Crippen LogP contribution >= 0.6 is 0 Å².